The minimum atomic E-state index is -0.677. The van der Waals surface area contributed by atoms with Gasteiger partial charge in [-0.05, 0) is 89.7 Å². The number of methoxy groups -OCH3 is 3. The Labute approximate surface area is 266 Å². The highest BCUT2D eigenvalue weighted by atomic mass is 32.2. The number of aromatic nitrogens is 1. The Kier molecular flexibility index (Phi) is 9.87. The van der Waals surface area contributed by atoms with Gasteiger partial charge in [0.25, 0.3) is 0 Å². The van der Waals surface area contributed by atoms with E-state index in [2.05, 4.69) is 20.9 Å². The number of amides is 2. The van der Waals surface area contributed by atoms with E-state index in [4.69, 9.17) is 14.2 Å². The van der Waals surface area contributed by atoms with Gasteiger partial charge in [-0.15, -0.1) is 0 Å². The number of carbonyl (C=O) groups excluding carboxylic acids is 2. The summed E-state index contributed by atoms with van der Waals surface area (Å²) in [5.41, 5.74) is 4.60. The van der Waals surface area contributed by atoms with Gasteiger partial charge < -0.3 is 35.1 Å². The molecule has 4 aromatic rings. The molecule has 3 aromatic carbocycles. The van der Waals surface area contributed by atoms with Crippen molar-refractivity contribution in [3.05, 3.63) is 76.1 Å². The Morgan fingerprint density at radius 1 is 1.02 bits per heavy atom. The van der Waals surface area contributed by atoms with E-state index in [1.54, 1.807) is 45.2 Å². The second kappa shape index (κ2) is 14.0. The third-order valence-corrected chi connectivity index (χ3v) is 8.64. The monoisotopic (exact) mass is 630 g/mol. The topological polar surface area (TPSA) is 131 Å². The molecule has 0 fully saturated rings. The number of thioether (sulfide) groups is 1. The first-order valence-electron chi connectivity index (χ1n) is 14.7. The number of benzene rings is 2. The molecular formula is C34H38N4O6S. The van der Waals surface area contributed by atoms with Crippen molar-refractivity contribution in [3.63, 3.8) is 0 Å². The number of rotatable bonds is 11. The van der Waals surface area contributed by atoms with Crippen LogP contribution in [0.15, 0.2) is 59.5 Å². The summed E-state index contributed by atoms with van der Waals surface area (Å²) in [7, 11) is 4.67. The van der Waals surface area contributed by atoms with Crippen LogP contribution in [0, 0.1) is 0 Å². The number of nitrogens with one attached hydrogen (secondary N) is 4. The van der Waals surface area contributed by atoms with Gasteiger partial charge in [0.05, 0.1) is 33.1 Å². The molecule has 0 saturated carbocycles. The van der Waals surface area contributed by atoms with Gasteiger partial charge in [0.15, 0.2) is 11.5 Å². The molecule has 2 amide bonds. The number of hydrogen-bond acceptors (Lipinski definition) is 8. The third-order valence-electron chi connectivity index (χ3n) is 8.00. The second-order valence-corrected chi connectivity index (χ2v) is 11.8. The molecule has 1 aliphatic rings. The highest BCUT2D eigenvalue weighted by Gasteiger charge is 2.30. The standard InChI is InChI=1S/C34H38N4O6S/c1-19(39)36-25-10-7-21-16-30(42-2)32(43-3)33(44-4)31(21)23-9-11-26(29(40)18-24(23)25)38-27(13-15-45-5)34(41)37-22-8-6-20-12-14-35-28(20)17-22/h6,8-9,11-12,14,16-18,25,27,35H,7,10,13,15H2,1-5H3,(H,36,39)(H,37,41)(H,38,40)/t25-,27-/m1/s1. The average Bonchev–Trinajstić information content (AvgIpc) is 3.38. The lowest BCUT2D eigenvalue weighted by atomic mass is 9.95. The average molecular weight is 631 g/mol. The van der Waals surface area contributed by atoms with E-state index in [1.165, 1.54) is 6.92 Å². The third kappa shape index (κ3) is 6.73. The van der Waals surface area contributed by atoms with Gasteiger partial charge in [-0.1, -0.05) is 12.1 Å². The maximum absolute atomic E-state index is 13.8. The van der Waals surface area contributed by atoms with Crippen molar-refractivity contribution >= 4 is 45.9 Å². The largest absolute Gasteiger partial charge is 0.493 e. The zero-order valence-corrected chi connectivity index (χ0v) is 26.9. The fourth-order valence-corrected chi connectivity index (χ4v) is 6.35. The quantitative estimate of drug-likeness (QED) is 0.171. The van der Waals surface area contributed by atoms with Crippen LogP contribution in [0.4, 0.5) is 11.4 Å². The van der Waals surface area contributed by atoms with Crippen molar-refractivity contribution in [2.75, 3.05) is 44.0 Å². The van der Waals surface area contributed by atoms with Gasteiger partial charge in [-0.25, -0.2) is 0 Å². The lowest BCUT2D eigenvalue weighted by Gasteiger charge is -2.19. The Balaban J connectivity index is 1.58. The van der Waals surface area contributed by atoms with E-state index >= 15 is 0 Å². The Morgan fingerprint density at radius 2 is 1.82 bits per heavy atom. The van der Waals surface area contributed by atoms with Crippen LogP contribution < -0.4 is 35.6 Å². The van der Waals surface area contributed by atoms with E-state index in [9.17, 15) is 14.4 Å². The smallest absolute Gasteiger partial charge is 0.246 e. The summed E-state index contributed by atoms with van der Waals surface area (Å²) >= 11 is 1.62. The molecular weight excluding hydrogens is 592 g/mol. The van der Waals surface area contributed by atoms with Gasteiger partial charge in [0.2, 0.25) is 23.0 Å². The molecule has 1 aliphatic carbocycles. The molecule has 2 atom stereocenters. The molecule has 4 N–H and O–H groups in total. The molecule has 10 nitrogen and oxygen atoms in total. The summed E-state index contributed by atoms with van der Waals surface area (Å²) in [6.07, 6.45) is 5.47. The van der Waals surface area contributed by atoms with Gasteiger partial charge in [-0.2, -0.15) is 11.8 Å². The summed E-state index contributed by atoms with van der Waals surface area (Å²) in [5, 5.41) is 10.3. The first-order valence-corrected chi connectivity index (χ1v) is 16.1. The highest BCUT2D eigenvalue weighted by Crippen LogP contribution is 2.50. The Morgan fingerprint density at radius 3 is 2.53 bits per heavy atom. The number of anilines is 2. The van der Waals surface area contributed by atoms with E-state index in [0.717, 1.165) is 22.0 Å². The fourth-order valence-electron chi connectivity index (χ4n) is 5.87. The van der Waals surface area contributed by atoms with E-state index in [0.29, 0.717) is 59.1 Å². The summed E-state index contributed by atoms with van der Waals surface area (Å²) in [6, 6.07) is 13.5. The number of aryl methyl sites for hydroxylation is 1. The predicted octanol–water partition coefficient (Wildman–Crippen LogP) is 5.52. The zero-order valence-electron chi connectivity index (χ0n) is 26.0. The molecule has 0 bridgehead atoms. The first kappa shape index (κ1) is 31.8. The normalized spacial score (nSPS) is 14.4. The lowest BCUT2D eigenvalue weighted by Crippen LogP contribution is -2.36. The van der Waals surface area contributed by atoms with E-state index in [-0.39, 0.29) is 22.9 Å². The van der Waals surface area contributed by atoms with Crippen LogP contribution in [0.3, 0.4) is 0 Å². The van der Waals surface area contributed by atoms with Crippen LogP contribution in [0.1, 0.15) is 36.9 Å². The van der Waals surface area contributed by atoms with Gasteiger partial charge in [0.1, 0.15) is 6.04 Å². The number of aromatic amines is 1. The first-order chi connectivity index (χ1) is 21.8. The van der Waals surface area contributed by atoms with Crippen molar-refractivity contribution in [2.45, 2.75) is 38.3 Å². The van der Waals surface area contributed by atoms with Crippen LogP contribution in [-0.4, -0.2) is 56.2 Å². The predicted molar refractivity (Wildman–Crippen MR) is 180 cm³/mol. The summed E-state index contributed by atoms with van der Waals surface area (Å²) in [5.74, 6) is 1.69. The van der Waals surface area contributed by atoms with Crippen molar-refractivity contribution in [1.29, 1.82) is 0 Å². The Hall–Kier alpha value is -4.64. The van der Waals surface area contributed by atoms with Crippen molar-refractivity contribution < 1.29 is 23.8 Å². The maximum atomic E-state index is 13.8. The molecule has 236 valence electrons. The van der Waals surface area contributed by atoms with Crippen LogP contribution in [0.25, 0.3) is 22.0 Å². The van der Waals surface area contributed by atoms with Gasteiger partial charge in [0, 0.05) is 29.9 Å². The maximum Gasteiger partial charge on any atom is 0.246 e. The summed E-state index contributed by atoms with van der Waals surface area (Å²) in [4.78, 5) is 42.8. The number of fused-ring (bicyclic) bond motifs is 4. The van der Waals surface area contributed by atoms with Crippen LogP contribution >= 0.6 is 11.8 Å². The number of carbonyl (C=O) groups is 2. The number of hydrogen-bond donors (Lipinski definition) is 4. The van der Waals surface area contributed by atoms with E-state index in [1.807, 2.05) is 48.9 Å². The van der Waals surface area contributed by atoms with Crippen LogP contribution in [0.2, 0.25) is 0 Å². The van der Waals surface area contributed by atoms with Crippen molar-refractivity contribution in [3.8, 4) is 28.4 Å². The minimum Gasteiger partial charge on any atom is -0.493 e. The fraction of sp³-hybridized carbons (Fsp3) is 0.324. The van der Waals surface area contributed by atoms with Crippen molar-refractivity contribution in [2.24, 2.45) is 0 Å². The molecule has 0 saturated heterocycles. The summed E-state index contributed by atoms with van der Waals surface area (Å²) < 4.78 is 17.2. The number of H-pyrrole nitrogens is 1. The van der Waals surface area contributed by atoms with E-state index < -0.39 is 12.1 Å². The SMILES string of the molecule is COc1cc2c(c(OC)c1OC)-c1ccc(N[C@H](CCSC)C(=O)Nc3ccc4cc[nH]c4c3)c(=O)cc1[C@H](NC(C)=O)CC2. The molecule has 0 spiro atoms. The van der Waals surface area contributed by atoms with Crippen LogP contribution in [-0.2, 0) is 16.0 Å². The van der Waals surface area contributed by atoms with Crippen LogP contribution in [0.5, 0.6) is 17.2 Å². The van der Waals surface area contributed by atoms with Gasteiger partial charge in [-0.3, -0.25) is 14.4 Å². The Bertz CT molecular complexity index is 1790. The zero-order chi connectivity index (χ0) is 32.1. The molecule has 45 heavy (non-hydrogen) atoms. The second-order valence-electron chi connectivity index (χ2n) is 10.8. The molecule has 0 radical (unpaired) electrons. The number of ether oxygens (including phenoxy) is 3. The minimum absolute atomic E-state index is 0.206. The molecule has 1 heterocycles. The molecule has 5 rings (SSSR count). The lowest BCUT2D eigenvalue weighted by molar-refractivity contribution is -0.120. The van der Waals surface area contributed by atoms with Gasteiger partial charge >= 0.3 is 0 Å². The molecule has 0 unspecified atom stereocenters. The molecule has 0 aliphatic heterocycles. The van der Waals surface area contributed by atoms with Crippen molar-refractivity contribution in [1.82, 2.24) is 10.3 Å². The summed E-state index contributed by atoms with van der Waals surface area (Å²) in [6.45, 7) is 1.46. The molecule has 1 aromatic heterocycles. The highest BCUT2D eigenvalue weighted by molar-refractivity contribution is 7.98. The molecule has 11 heteroatoms.